The van der Waals surface area contributed by atoms with E-state index in [0.29, 0.717) is 0 Å². The zero-order valence-corrected chi connectivity index (χ0v) is 3.85. The lowest BCUT2D eigenvalue weighted by Crippen LogP contribution is -2.32. The van der Waals surface area contributed by atoms with E-state index in [1.807, 2.05) is 0 Å². The first kappa shape index (κ1) is 4.99. The van der Waals surface area contributed by atoms with Gasteiger partial charge in [0, 0.05) is 13.1 Å². The first-order chi connectivity index (χ1) is 3.43. The highest BCUT2D eigenvalue weighted by Crippen LogP contribution is 1.81. The van der Waals surface area contributed by atoms with Crippen molar-refractivity contribution < 1.29 is 10.1 Å². The van der Waals surface area contributed by atoms with E-state index in [0.717, 1.165) is 13.1 Å². The van der Waals surface area contributed by atoms with E-state index in [1.54, 1.807) is 0 Å². The van der Waals surface area contributed by atoms with Gasteiger partial charge in [0.1, 0.15) is 0 Å². The summed E-state index contributed by atoms with van der Waals surface area (Å²) in [6.45, 7) is 1.70. The average molecular weight is 104 g/mol. The standard InChI is InChI=1S/C3H8N2O2/c6-7-3-4-1-2-5-3/h3-6H,1-2H2. The second kappa shape index (κ2) is 2.23. The van der Waals surface area contributed by atoms with Crippen LogP contribution < -0.4 is 10.6 Å². The van der Waals surface area contributed by atoms with Gasteiger partial charge in [0.15, 0.2) is 6.35 Å². The third-order valence-corrected chi connectivity index (χ3v) is 0.890. The van der Waals surface area contributed by atoms with Crippen molar-refractivity contribution in [2.45, 2.75) is 6.35 Å². The Morgan fingerprint density at radius 2 is 2.00 bits per heavy atom. The molecule has 0 spiro atoms. The summed E-state index contributed by atoms with van der Waals surface area (Å²) in [7, 11) is 0. The van der Waals surface area contributed by atoms with E-state index in [1.165, 1.54) is 0 Å². The van der Waals surface area contributed by atoms with Gasteiger partial charge in [0.2, 0.25) is 0 Å². The van der Waals surface area contributed by atoms with Crippen LogP contribution in [-0.4, -0.2) is 24.7 Å². The Labute approximate surface area is 41.4 Å². The molecule has 1 aliphatic rings. The van der Waals surface area contributed by atoms with Crippen LogP contribution in [0.5, 0.6) is 0 Å². The predicted molar refractivity (Wildman–Crippen MR) is 23.5 cm³/mol. The molecule has 1 rings (SSSR count). The Balaban J connectivity index is 2.14. The summed E-state index contributed by atoms with van der Waals surface area (Å²) < 4.78 is 0. The Hall–Kier alpha value is -0.160. The van der Waals surface area contributed by atoms with Crippen molar-refractivity contribution in [3.63, 3.8) is 0 Å². The molecular formula is C3H8N2O2. The molecule has 0 radical (unpaired) electrons. The molecule has 1 fully saturated rings. The van der Waals surface area contributed by atoms with E-state index in [9.17, 15) is 0 Å². The van der Waals surface area contributed by atoms with Crippen LogP contribution in [0.25, 0.3) is 0 Å². The highest BCUT2D eigenvalue weighted by molar-refractivity contribution is 4.61. The van der Waals surface area contributed by atoms with Gasteiger partial charge in [-0.3, -0.25) is 10.6 Å². The SMILES string of the molecule is OOC1NCCN1. The van der Waals surface area contributed by atoms with Crippen LogP contribution >= 0.6 is 0 Å². The lowest BCUT2D eigenvalue weighted by Gasteiger charge is -2.02. The van der Waals surface area contributed by atoms with E-state index < -0.39 is 0 Å². The highest BCUT2D eigenvalue weighted by atomic mass is 17.1. The average Bonchev–Trinajstić information content (AvgIpc) is 2.14. The Bertz CT molecular complexity index is 52.9. The first-order valence-electron chi connectivity index (χ1n) is 2.20. The molecule has 0 bridgehead atoms. The van der Waals surface area contributed by atoms with E-state index in [4.69, 9.17) is 5.26 Å². The molecule has 0 aromatic carbocycles. The van der Waals surface area contributed by atoms with E-state index in [-0.39, 0.29) is 6.35 Å². The number of hydrogen-bond donors (Lipinski definition) is 3. The van der Waals surface area contributed by atoms with Gasteiger partial charge in [-0.25, -0.2) is 10.1 Å². The number of rotatable bonds is 1. The minimum absolute atomic E-state index is 0.347. The topological polar surface area (TPSA) is 53.5 Å². The monoisotopic (exact) mass is 104 g/mol. The van der Waals surface area contributed by atoms with Crippen molar-refractivity contribution in [3.8, 4) is 0 Å². The van der Waals surface area contributed by atoms with Crippen LogP contribution in [0, 0.1) is 0 Å². The molecular weight excluding hydrogens is 96.0 g/mol. The van der Waals surface area contributed by atoms with Crippen molar-refractivity contribution in [2.24, 2.45) is 0 Å². The van der Waals surface area contributed by atoms with Crippen molar-refractivity contribution in [3.05, 3.63) is 0 Å². The third-order valence-electron chi connectivity index (χ3n) is 0.890. The molecule has 0 aliphatic carbocycles. The molecule has 0 unspecified atom stereocenters. The molecule has 4 heteroatoms. The number of hydrogen-bond acceptors (Lipinski definition) is 4. The zero-order chi connectivity index (χ0) is 5.11. The van der Waals surface area contributed by atoms with Crippen LogP contribution in [0.1, 0.15) is 0 Å². The summed E-state index contributed by atoms with van der Waals surface area (Å²) in [5, 5.41) is 13.6. The summed E-state index contributed by atoms with van der Waals surface area (Å²) in [4.78, 5) is 3.89. The summed E-state index contributed by atoms with van der Waals surface area (Å²) in [5.74, 6) is 0. The van der Waals surface area contributed by atoms with Gasteiger partial charge >= 0.3 is 0 Å². The molecule has 4 nitrogen and oxygen atoms in total. The highest BCUT2D eigenvalue weighted by Gasteiger charge is 2.10. The number of nitrogens with one attached hydrogen (secondary N) is 2. The second-order valence-electron chi connectivity index (χ2n) is 1.39. The lowest BCUT2D eigenvalue weighted by atomic mass is 10.7. The molecule has 1 heterocycles. The molecule has 1 aliphatic heterocycles. The molecule has 0 aromatic rings. The van der Waals surface area contributed by atoms with Crippen molar-refractivity contribution in [2.75, 3.05) is 13.1 Å². The molecule has 0 amide bonds. The maximum Gasteiger partial charge on any atom is 0.197 e. The fourth-order valence-electron chi connectivity index (χ4n) is 0.553. The zero-order valence-electron chi connectivity index (χ0n) is 3.85. The smallest absolute Gasteiger partial charge is 0.197 e. The Morgan fingerprint density at radius 1 is 1.43 bits per heavy atom. The van der Waals surface area contributed by atoms with Gasteiger partial charge in [-0.05, 0) is 0 Å². The maximum atomic E-state index is 7.94. The van der Waals surface area contributed by atoms with Gasteiger partial charge in [0.05, 0.1) is 0 Å². The molecule has 0 aromatic heterocycles. The Kier molecular flexibility index (Phi) is 1.59. The van der Waals surface area contributed by atoms with Crippen molar-refractivity contribution >= 4 is 0 Å². The van der Waals surface area contributed by atoms with Gasteiger partial charge in [-0.2, -0.15) is 0 Å². The van der Waals surface area contributed by atoms with Crippen molar-refractivity contribution in [1.29, 1.82) is 0 Å². The predicted octanol–water partition coefficient (Wildman–Crippen LogP) is -1.05. The van der Waals surface area contributed by atoms with Gasteiger partial charge in [0.25, 0.3) is 0 Å². The van der Waals surface area contributed by atoms with Crippen LogP contribution in [0.15, 0.2) is 0 Å². The first-order valence-corrected chi connectivity index (χ1v) is 2.20. The molecule has 7 heavy (non-hydrogen) atoms. The maximum absolute atomic E-state index is 7.94. The minimum Gasteiger partial charge on any atom is -0.276 e. The van der Waals surface area contributed by atoms with Gasteiger partial charge in [-0.1, -0.05) is 0 Å². The second-order valence-corrected chi connectivity index (χ2v) is 1.39. The summed E-state index contributed by atoms with van der Waals surface area (Å²) >= 11 is 0. The quantitative estimate of drug-likeness (QED) is 0.293. The molecule has 42 valence electrons. The molecule has 0 atom stereocenters. The van der Waals surface area contributed by atoms with Gasteiger partial charge in [-0.15, -0.1) is 0 Å². The van der Waals surface area contributed by atoms with Crippen LogP contribution in [-0.2, 0) is 4.89 Å². The van der Waals surface area contributed by atoms with Crippen LogP contribution in [0.3, 0.4) is 0 Å². The summed E-state index contributed by atoms with van der Waals surface area (Å²) in [5.41, 5.74) is 0. The fourth-order valence-corrected chi connectivity index (χ4v) is 0.553. The third kappa shape index (κ3) is 1.10. The summed E-state index contributed by atoms with van der Waals surface area (Å²) in [6.07, 6.45) is -0.347. The van der Waals surface area contributed by atoms with Crippen molar-refractivity contribution in [1.82, 2.24) is 10.6 Å². The summed E-state index contributed by atoms with van der Waals surface area (Å²) in [6, 6.07) is 0. The van der Waals surface area contributed by atoms with Crippen LogP contribution in [0.4, 0.5) is 0 Å². The van der Waals surface area contributed by atoms with E-state index in [2.05, 4.69) is 15.5 Å². The fraction of sp³-hybridized carbons (Fsp3) is 1.00. The molecule has 1 saturated heterocycles. The lowest BCUT2D eigenvalue weighted by molar-refractivity contribution is -0.287. The minimum atomic E-state index is -0.347. The largest absolute Gasteiger partial charge is 0.276 e. The van der Waals surface area contributed by atoms with Gasteiger partial charge < -0.3 is 0 Å². The van der Waals surface area contributed by atoms with E-state index >= 15 is 0 Å². The normalized spacial score (nSPS) is 23.6. The molecule has 3 N–H and O–H groups in total. The molecule has 0 saturated carbocycles. The van der Waals surface area contributed by atoms with Crippen LogP contribution in [0.2, 0.25) is 0 Å². The Morgan fingerprint density at radius 3 is 2.29 bits per heavy atom.